The molecule has 0 bridgehead atoms. The monoisotopic (exact) mass is 400 g/mol. The van der Waals surface area contributed by atoms with Gasteiger partial charge in [-0.05, 0) is 55.9 Å². The van der Waals surface area contributed by atoms with Gasteiger partial charge in [-0.2, -0.15) is 5.10 Å². The maximum absolute atomic E-state index is 5.40. The zero-order valence-corrected chi connectivity index (χ0v) is 17.2. The average Bonchev–Trinajstić information content (AvgIpc) is 3.30. The fourth-order valence-corrected chi connectivity index (χ4v) is 3.10. The first kappa shape index (κ1) is 19.8. The molecule has 0 amide bonds. The minimum Gasteiger partial charge on any atom is -0.493 e. The highest BCUT2D eigenvalue weighted by atomic mass is 32.1. The molecule has 0 saturated carbocycles. The minimum atomic E-state index is 0.522. The van der Waals surface area contributed by atoms with Crippen molar-refractivity contribution >= 4 is 23.0 Å². The smallest absolute Gasteiger partial charge is 0.171 e. The van der Waals surface area contributed by atoms with Crippen LogP contribution in [-0.4, -0.2) is 29.1 Å². The maximum atomic E-state index is 5.40. The molecule has 3 rings (SSSR count). The van der Waals surface area contributed by atoms with E-state index in [2.05, 4.69) is 15.7 Å². The van der Waals surface area contributed by atoms with Gasteiger partial charge in [-0.15, -0.1) is 0 Å². The zero-order chi connectivity index (χ0) is 20.1. The van der Waals surface area contributed by atoms with Crippen LogP contribution in [0.3, 0.4) is 0 Å². The summed E-state index contributed by atoms with van der Waals surface area (Å²) in [6, 6.07) is 9.60. The number of furan rings is 1. The van der Waals surface area contributed by atoms with E-state index >= 15 is 0 Å². The largest absolute Gasteiger partial charge is 0.493 e. The third kappa shape index (κ3) is 4.45. The molecule has 0 atom stereocenters. The fourth-order valence-electron chi connectivity index (χ4n) is 2.92. The van der Waals surface area contributed by atoms with Gasteiger partial charge in [-0.1, -0.05) is 6.07 Å². The van der Waals surface area contributed by atoms with E-state index in [1.165, 1.54) is 0 Å². The Morgan fingerprint density at radius 3 is 2.64 bits per heavy atom. The van der Waals surface area contributed by atoms with Gasteiger partial charge in [-0.3, -0.25) is 4.68 Å². The molecule has 0 aliphatic rings. The number of thiocarbonyl (C=S) groups is 1. The lowest BCUT2D eigenvalue weighted by atomic mass is 10.2. The summed E-state index contributed by atoms with van der Waals surface area (Å²) < 4.78 is 17.9. The van der Waals surface area contributed by atoms with Gasteiger partial charge in [0, 0.05) is 0 Å². The van der Waals surface area contributed by atoms with Crippen LogP contribution in [0, 0.1) is 13.8 Å². The van der Waals surface area contributed by atoms with Crippen LogP contribution in [-0.2, 0) is 13.1 Å². The van der Waals surface area contributed by atoms with E-state index < -0.39 is 0 Å². The van der Waals surface area contributed by atoms with Gasteiger partial charge < -0.3 is 24.5 Å². The predicted molar refractivity (Wildman–Crippen MR) is 112 cm³/mol. The number of methoxy groups -OCH3 is 2. The van der Waals surface area contributed by atoms with E-state index in [4.69, 9.17) is 26.1 Å². The van der Waals surface area contributed by atoms with Crippen molar-refractivity contribution in [2.45, 2.75) is 26.9 Å². The predicted octanol–water partition coefficient (Wildman–Crippen LogP) is 3.65. The molecule has 1 aromatic carbocycles. The van der Waals surface area contributed by atoms with Crippen molar-refractivity contribution in [1.29, 1.82) is 0 Å². The zero-order valence-electron chi connectivity index (χ0n) is 16.4. The summed E-state index contributed by atoms with van der Waals surface area (Å²) in [5.74, 6) is 2.22. The molecule has 28 heavy (non-hydrogen) atoms. The summed E-state index contributed by atoms with van der Waals surface area (Å²) >= 11 is 5.40. The topological polar surface area (TPSA) is 73.5 Å². The van der Waals surface area contributed by atoms with Gasteiger partial charge in [0.05, 0.1) is 50.6 Å². The summed E-state index contributed by atoms with van der Waals surface area (Å²) in [6.07, 6.45) is 1.64. The fraction of sp³-hybridized carbons (Fsp3) is 0.300. The second-order valence-electron chi connectivity index (χ2n) is 6.28. The summed E-state index contributed by atoms with van der Waals surface area (Å²) in [5.41, 5.74) is 3.83. The van der Waals surface area contributed by atoms with Crippen molar-refractivity contribution in [2.24, 2.45) is 0 Å². The Balaban J connectivity index is 1.70. The van der Waals surface area contributed by atoms with Gasteiger partial charge in [0.2, 0.25) is 0 Å². The highest BCUT2D eigenvalue weighted by Crippen LogP contribution is 2.28. The Labute approximate surface area is 169 Å². The Bertz CT molecular complexity index is 951. The Morgan fingerprint density at radius 2 is 1.96 bits per heavy atom. The second-order valence-corrected chi connectivity index (χ2v) is 6.69. The molecule has 2 N–H and O–H groups in total. The third-order valence-electron chi connectivity index (χ3n) is 4.40. The number of rotatable bonds is 7. The molecular weight excluding hydrogens is 376 g/mol. The highest BCUT2D eigenvalue weighted by molar-refractivity contribution is 7.80. The molecule has 0 aliphatic carbocycles. The second kappa shape index (κ2) is 8.79. The maximum Gasteiger partial charge on any atom is 0.171 e. The van der Waals surface area contributed by atoms with E-state index in [0.29, 0.717) is 29.7 Å². The molecule has 0 saturated heterocycles. The Kier molecular flexibility index (Phi) is 6.20. The Morgan fingerprint density at radius 1 is 1.18 bits per heavy atom. The molecule has 0 spiro atoms. The summed E-state index contributed by atoms with van der Waals surface area (Å²) in [4.78, 5) is 0. The quantitative estimate of drug-likeness (QED) is 0.587. The number of hydrogen-bond acceptors (Lipinski definition) is 5. The molecule has 148 valence electrons. The summed E-state index contributed by atoms with van der Waals surface area (Å²) in [6.45, 7) is 5.10. The van der Waals surface area contributed by atoms with Gasteiger partial charge in [0.25, 0.3) is 0 Å². The van der Waals surface area contributed by atoms with Crippen LogP contribution in [0.15, 0.2) is 41.0 Å². The van der Waals surface area contributed by atoms with Gasteiger partial charge in [-0.25, -0.2) is 0 Å². The van der Waals surface area contributed by atoms with E-state index in [-0.39, 0.29) is 0 Å². The lowest BCUT2D eigenvalue weighted by Crippen LogP contribution is -2.28. The lowest BCUT2D eigenvalue weighted by Gasteiger charge is -2.12. The molecular formula is C20H24N4O3S. The molecule has 0 aliphatic heterocycles. The standard InChI is InChI=1S/C20H24N4O3S/c1-13-19(22-20(28)21-11-16-6-5-9-27-16)14(2)24(23-13)12-15-7-8-17(25-3)18(10-15)26-4/h5-10H,11-12H2,1-4H3,(H2,21,22,28). The number of hydrogen-bond donors (Lipinski definition) is 2. The number of aryl methyl sites for hydroxylation is 1. The van der Waals surface area contributed by atoms with Crippen molar-refractivity contribution in [2.75, 3.05) is 19.5 Å². The first-order chi connectivity index (χ1) is 13.5. The molecule has 2 aromatic heterocycles. The molecule has 2 heterocycles. The number of benzene rings is 1. The molecule has 8 heteroatoms. The van der Waals surface area contributed by atoms with Crippen molar-refractivity contribution in [3.05, 3.63) is 59.3 Å². The van der Waals surface area contributed by atoms with Crippen molar-refractivity contribution < 1.29 is 13.9 Å². The third-order valence-corrected chi connectivity index (χ3v) is 4.65. The van der Waals surface area contributed by atoms with Gasteiger partial charge in [0.15, 0.2) is 16.6 Å². The number of anilines is 1. The van der Waals surface area contributed by atoms with Gasteiger partial charge in [0.1, 0.15) is 5.76 Å². The van der Waals surface area contributed by atoms with Crippen LogP contribution >= 0.6 is 12.2 Å². The van der Waals surface area contributed by atoms with Crippen LogP contribution in [0.5, 0.6) is 11.5 Å². The van der Waals surface area contributed by atoms with E-state index in [1.54, 1.807) is 20.5 Å². The van der Waals surface area contributed by atoms with Gasteiger partial charge >= 0.3 is 0 Å². The van der Waals surface area contributed by atoms with Crippen LogP contribution in [0.4, 0.5) is 5.69 Å². The minimum absolute atomic E-state index is 0.522. The molecule has 0 radical (unpaired) electrons. The number of nitrogens with one attached hydrogen (secondary N) is 2. The number of aromatic nitrogens is 2. The van der Waals surface area contributed by atoms with Crippen molar-refractivity contribution in [3.63, 3.8) is 0 Å². The summed E-state index contributed by atoms with van der Waals surface area (Å²) in [7, 11) is 3.25. The first-order valence-corrected chi connectivity index (χ1v) is 9.24. The SMILES string of the molecule is COc1ccc(Cn2nc(C)c(NC(=S)NCc3ccco3)c2C)cc1OC. The van der Waals surface area contributed by atoms with Crippen molar-refractivity contribution in [1.82, 2.24) is 15.1 Å². The lowest BCUT2D eigenvalue weighted by molar-refractivity contribution is 0.354. The van der Waals surface area contributed by atoms with Crippen molar-refractivity contribution in [3.8, 4) is 11.5 Å². The highest BCUT2D eigenvalue weighted by Gasteiger charge is 2.14. The molecule has 0 fully saturated rings. The van der Waals surface area contributed by atoms with E-state index in [0.717, 1.165) is 28.4 Å². The van der Waals surface area contributed by atoms with E-state index in [9.17, 15) is 0 Å². The summed E-state index contributed by atoms with van der Waals surface area (Å²) in [5, 5.41) is 11.5. The van der Waals surface area contributed by atoms with Crippen LogP contribution in [0.2, 0.25) is 0 Å². The van der Waals surface area contributed by atoms with Crippen LogP contribution in [0.1, 0.15) is 22.7 Å². The molecule has 7 nitrogen and oxygen atoms in total. The van der Waals surface area contributed by atoms with Crippen LogP contribution < -0.4 is 20.1 Å². The Hall–Kier alpha value is -3.00. The average molecular weight is 401 g/mol. The first-order valence-electron chi connectivity index (χ1n) is 8.84. The molecule has 3 aromatic rings. The van der Waals surface area contributed by atoms with Crippen LogP contribution in [0.25, 0.3) is 0 Å². The number of ether oxygens (including phenoxy) is 2. The normalized spacial score (nSPS) is 10.6. The number of nitrogens with zero attached hydrogens (tertiary/aromatic N) is 2. The van der Waals surface area contributed by atoms with E-state index in [1.807, 2.05) is 48.9 Å². The molecule has 0 unspecified atom stereocenters.